The Labute approximate surface area is 117 Å². The van der Waals surface area contributed by atoms with Gasteiger partial charge in [-0.1, -0.05) is 17.8 Å². The highest BCUT2D eigenvalue weighted by Crippen LogP contribution is 2.29. The van der Waals surface area contributed by atoms with E-state index in [2.05, 4.69) is 16.9 Å². The molecule has 1 aromatic heterocycles. The van der Waals surface area contributed by atoms with Crippen molar-refractivity contribution in [3.05, 3.63) is 18.2 Å². The zero-order valence-electron chi connectivity index (χ0n) is 11.1. The molecule has 19 heavy (non-hydrogen) atoms. The van der Waals surface area contributed by atoms with Gasteiger partial charge < -0.3 is 15.4 Å². The van der Waals surface area contributed by atoms with Gasteiger partial charge in [-0.3, -0.25) is 0 Å². The smallest absolute Gasteiger partial charge is 0.274 e. The van der Waals surface area contributed by atoms with Crippen LogP contribution < -0.4 is 10.5 Å². The van der Waals surface area contributed by atoms with E-state index in [9.17, 15) is 0 Å². The summed E-state index contributed by atoms with van der Waals surface area (Å²) in [5.74, 6) is 0. The Morgan fingerprint density at radius 3 is 3.21 bits per heavy atom. The summed E-state index contributed by atoms with van der Waals surface area (Å²) in [5, 5.41) is 0.750. The van der Waals surface area contributed by atoms with Crippen molar-refractivity contribution >= 4 is 27.2 Å². The molecule has 1 aromatic carbocycles. The number of nitrogen functional groups attached to an aromatic ring is 1. The molecule has 3 rings (SSSR count). The molecule has 2 heterocycles. The number of likely N-dealkylation sites (N-methyl/N-ethyl adjacent to an activating group) is 1. The maximum atomic E-state index is 5.87. The predicted molar refractivity (Wildman–Crippen MR) is 79.8 cm³/mol. The van der Waals surface area contributed by atoms with Crippen LogP contribution in [0, 0.1) is 0 Å². The summed E-state index contributed by atoms with van der Waals surface area (Å²) in [6.45, 7) is 1.90. The second-order valence-corrected chi connectivity index (χ2v) is 6.14. The fourth-order valence-electron chi connectivity index (χ4n) is 2.50. The highest BCUT2D eigenvalue weighted by Gasteiger charge is 2.19. The monoisotopic (exact) mass is 277 g/mol. The van der Waals surface area contributed by atoms with Gasteiger partial charge in [0.25, 0.3) is 5.19 Å². The molecule has 2 N–H and O–H groups in total. The average molecular weight is 277 g/mol. The molecule has 0 bridgehead atoms. The van der Waals surface area contributed by atoms with Crippen LogP contribution in [0.1, 0.15) is 19.3 Å². The summed E-state index contributed by atoms with van der Waals surface area (Å²) < 4.78 is 6.96. The van der Waals surface area contributed by atoms with Gasteiger partial charge >= 0.3 is 0 Å². The number of rotatable bonds is 3. The summed E-state index contributed by atoms with van der Waals surface area (Å²) in [6.07, 6.45) is 3.82. The Morgan fingerprint density at radius 2 is 2.37 bits per heavy atom. The Balaban J connectivity index is 1.68. The molecule has 102 valence electrons. The lowest BCUT2D eigenvalue weighted by Crippen LogP contribution is -2.40. The third-order valence-corrected chi connectivity index (χ3v) is 4.64. The number of benzene rings is 1. The van der Waals surface area contributed by atoms with Crippen molar-refractivity contribution in [3.8, 4) is 5.19 Å². The molecule has 4 nitrogen and oxygen atoms in total. The van der Waals surface area contributed by atoms with Gasteiger partial charge in [0.2, 0.25) is 0 Å². The van der Waals surface area contributed by atoms with Gasteiger partial charge in [0.1, 0.15) is 6.61 Å². The van der Waals surface area contributed by atoms with Crippen LogP contribution in [0.4, 0.5) is 5.69 Å². The number of thiazole rings is 1. The third kappa shape index (κ3) is 2.82. The normalized spacial score (nSPS) is 20.8. The lowest BCUT2D eigenvalue weighted by molar-refractivity contribution is 0.125. The van der Waals surface area contributed by atoms with Crippen molar-refractivity contribution in [2.45, 2.75) is 25.3 Å². The molecule has 1 saturated heterocycles. The number of hydrogen-bond acceptors (Lipinski definition) is 5. The minimum absolute atomic E-state index is 0.519. The minimum Gasteiger partial charge on any atom is -0.468 e. The molecular weight excluding hydrogens is 258 g/mol. The zero-order valence-corrected chi connectivity index (χ0v) is 11.9. The quantitative estimate of drug-likeness (QED) is 0.876. The van der Waals surface area contributed by atoms with E-state index in [1.54, 1.807) is 11.3 Å². The molecule has 0 aliphatic carbocycles. The van der Waals surface area contributed by atoms with Crippen LogP contribution in [0.5, 0.6) is 5.19 Å². The van der Waals surface area contributed by atoms with E-state index in [0.717, 1.165) is 27.7 Å². The molecule has 0 amide bonds. The molecule has 0 radical (unpaired) electrons. The Morgan fingerprint density at radius 1 is 1.47 bits per heavy atom. The summed E-state index contributed by atoms with van der Waals surface area (Å²) in [6, 6.07) is 6.29. The lowest BCUT2D eigenvalue weighted by Gasteiger charge is -2.31. The van der Waals surface area contributed by atoms with E-state index in [1.807, 2.05) is 18.2 Å². The fraction of sp³-hybridized carbons (Fsp3) is 0.500. The number of aromatic nitrogens is 1. The highest BCUT2D eigenvalue weighted by atomic mass is 32.1. The van der Waals surface area contributed by atoms with Crippen LogP contribution in [0.3, 0.4) is 0 Å². The molecule has 1 fully saturated rings. The topological polar surface area (TPSA) is 51.4 Å². The minimum atomic E-state index is 0.519. The number of likely N-dealkylation sites (tertiary alicyclic amines) is 1. The van der Waals surface area contributed by atoms with Gasteiger partial charge in [0, 0.05) is 11.7 Å². The first-order chi connectivity index (χ1) is 9.22. The first-order valence-corrected chi connectivity index (χ1v) is 7.53. The van der Waals surface area contributed by atoms with E-state index >= 15 is 0 Å². The first-order valence-electron chi connectivity index (χ1n) is 6.71. The Hall–Kier alpha value is -1.33. The second-order valence-electron chi connectivity index (χ2n) is 5.15. The first kappa shape index (κ1) is 12.7. The van der Waals surface area contributed by atoms with Crippen LogP contribution in [0.2, 0.25) is 0 Å². The zero-order chi connectivity index (χ0) is 13.2. The fourth-order valence-corrected chi connectivity index (χ4v) is 3.38. The average Bonchev–Trinajstić information content (AvgIpc) is 2.79. The standard InChI is InChI=1S/C14H19N3OS/c1-17-7-3-2-4-11(17)9-18-14-16-12-6-5-10(15)8-13(12)19-14/h5-6,8,11H,2-4,7,9,15H2,1H3. The van der Waals surface area contributed by atoms with Gasteiger partial charge in [-0.2, -0.15) is 0 Å². The largest absolute Gasteiger partial charge is 0.468 e. The van der Waals surface area contributed by atoms with Crippen LogP contribution in [-0.4, -0.2) is 36.1 Å². The molecule has 2 aromatic rings. The molecule has 1 atom stereocenters. The molecule has 1 aliphatic rings. The van der Waals surface area contributed by atoms with Crippen molar-refractivity contribution in [1.82, 2.24) is 9.88 Å². The molecular formula is C14H19N3OS. The van der Waals surface area contributed by atoms with Crippen LogP contribution in [-0.2, 0) is 0 Å². The number of hydrogen-bond donors (Lipinski definition) is 1. The second kappa shape index (κ2) is 5.35. The van der Waals surface area contributed by atoms with Crippen LogP contribution in [0.15, 0.2) is 18.2 Å². The maximum absolute atomic E-state index is 5.87. The Kier molecular flexibility index (Phi) is 3.57. The number of fused-ring (bicyclic) bond motifs is 1. The highest BCUT2D eigenvalue weighted by molar-refractivity contribution is 7.20. The number of nitrogens with two attached hydrogens (primary N) is 1. The number of ether oxygens (including phenoxy) is 1. The summed E-state index contributed by atoms with van der Waals surface area (Å²) in [7, 11) is 2.17. The van der Waals surface area contributed by atoms with Gasteiger partial charge in [-0.25, -0.2) is 4.98 Å². The predicted octanol–water partition coefficient (Wildman–Crippen LogP) is 2.74. The van der Waals surface area contributed by atoms with E-state index in [-0.39, 0.29) is 0 Å². The van der Waals surface area contributed by atoms with Gasteiger partial charge in [-0.15, -0.1) is 0 Å². The Bertz CT molecular complexity index is 569. The summed E-state index contributed by atoms with van der Waals surface area (Å²) >= 11 is 1.57. The van der Waals surface area contributed by atoms with Gasteiger partial charge in [0.15, 0.2) is 0 Å². The van der Waals surface area contributed by atoms with Gasteiger partial charge in [-0.05, 0) is 44.6 Å². The molecule has 1 unspecified atom stereocenters. The van der Waals surface area contributed by atoms with E-state index in [4.69, 9.17) is 10.5 Å². The van der Waals surface area contributed by atoms with Crippen LogP contribution >= 0.6 is 11.3 Å². The van der Waals surface area contributed by atoms with Crippen molar-refractivity contribution < 1.29 is 4.74 Å². The molecule has 1 aliphatic heterocycles. The summed E-state index contributed by atoms with van der Waals surface area (Å²) in [4.78, 5) is 6.87. The number of anilines is 1. The molecule has 0 saturated carbocycles. The van der Waals surface area contributed by atoms with E-state index < -0.39 is 0 Å². The maximum Gasteiger partial charge on any atom is 0.274 e. The van der Waals surface area contributed by atoms with Crippen molar-refractivity contribution in [3.63, 3.8) is 0 Å². The van der Waals surface area contributed by atoms with E-state index in [0.29, 0.717) is 6.04 Å². The van der Waals surface area contributed by atoms with Crippen molar-refractivity contribution in [2.24, 2.45) is 0 Å². The van der Waals surface area contributed by atoms with Gasteiger partial charge in [0.05, 0.1) is 10.2 Å². The third-order valence-electron chi connectivity index (χ3n) is 3.71. The number of piperidine rings is 1. The van der Waals surface area contributed by atoms with Crippen molar-refractivity contribution in [2.75, 3.05) is 25.9 Å². The van der Waals surface area contributed by atoms with E-state index in [1.165, 1.54) is 25.8 Å². The molecule has 0 spiro atoms. The summed E-state index contributed by atoms with van der Waals surface area (Å²) in [5.41, 5.74) is 7.51. The number of nitrogens with zero attached hydrogens (tertiary/aromatic N) is 2. The SMILES string of the molecule is CN1CCCCC1COc1nc2ccc(N)cc2s1. The molecule has 5 heteroatoms. The van der Waals surface area contributed by atoms with Crippen molar-refractivity contribution in [1.29, 1.82) is 0 Å². The lowest BCUT2D eigenvalue weighted by atomic mass is 10.0. The van der Waals surface area contributed by atoms with Crippen LogP contribution in [0.25, 0.3) is 10.2 Å².